The number of fused-ring (bicyclic) bond motifs is 1. The molecule has 3 rings (SSSR count). The first-order chi connectivity index (χ1) is 10.3. The average molecular weight is 316 g/mol. The summed E-state index contributed by atoms with van der Waals surface area (Å²) >= 11 is 0. The Labute approximate surface area is 122 Å². The summed E-state index contributed by atoms with van der Waals surface area (Å²) in [4.78, 5) is 27.9. The van der Waals surface area contributed by atoms with Gasteiger partial charge >= 0.3 is 12.2 Å². The molecule has 22 heavy (non-hydrogen) atoms. The first kappa shape index (κ1) is 14.4. The van der Waals surface area contributed by atoms with Gasteiger partial charge < -0.3 is 15.8 Å². The predicted octanol–water partition coefficient (Wildman–Crippen LogP) is 0.419. The van der Waals surface area contributed by atoms with E-state index in [0.717, 1.165) is 11.0 Å². The molecule has 2 aliphatic heterocycles. The lowest BCUT2D eigenvalue weighted by Gasteiger charge is -2.21. The Balaban J connectivity index is 2.12. The fraction of sp³-hybridized carbons (Fsp3) is 0.417. The van der Waals surface area contributed by atoms with Gasteiger partial charge in [-0.1, -0.05) is 0 Å². The Morgan fingerprint density at radius 3 is 2.86 bits per heavy atom. The van der Waals surface area contributed by atoms with Crippen LogP contribution in [0.2, 0.25) is 0 Å². The summed E-state index contributed by atoms with van der Waals surface area (Å²) in [7, 11) is 0. The number of carbonyl (C=O) groups is 2. The van der Waals surface area contributed by atoms with Crippen LogP contribution in [0.25, 0.3) is 0 Å². The zero-order valence-corrected chi connectivity index (χ0v) is 11.1. The quantitative estimate of drug-likeness (QED) is 0.826. The van der Waals surface area contributed by atoms with Crippen molar-refractivity contribution in [3.05, 3.63) is 17.2 Å². The lowest BCUT2D eigenvalue weighted by atomic mass is 10.1. The van der Waals surface area contributed by atoms with Gasteiger partial charge in [-0.25, -0.2) is 4.79 Å². The van der Waals surface area contributed by atoms with Gasteiger partial charge in [0.2, 0.25) is 11.8 Å². The number of carbonyl (C=O) groups excluding carboxylic acids is 2. The highest BCUT2D eigenvalue weighted by Crippen LogP contribution is 2.40. The molecule has 1 aromatic rings. The molecule has 0 aromatic carbocycles. The number of halogens is 3. The topological polar surface area (TPSA) is 97.5 Å². The molecule has 0 aliphatic carbocycles. The number of rotatable bonds is 2. The Kier molecular flexibility index (Phi) is 3.11. The number of anilines is 1. The van der Waals surface area contributed by atoms with Crippen LogP contribution in [0.4, 0.5) is 23.8 Å². The zero-order chi connectivity index (χ0) is 16.1. The maximum absolute atomic E-state index is 13.2. The summed E-state index contributed by atoms with van der Waals surface area (Å²) in [5.74, 6) is -1.32. The second kappa shape index (κ2) is 4.75. The van der Waals surface area contributed by atoms with Crippen LogP contribution >= 0.6 is 0 Å². The van der Waals surface area contributed by atoms with Crippen molar-refractivity contribution in [2.75, 3.05) is 18.1 Å². The van der Waals surface area contributed by atoms with E-state index in [9.17, 15) is 22.8 Å². The normalized spacial score (nSPS) is 20.6. The van der Waals surface area contributed by atoms with Crippen LogP contribution in [0, 0.1) is 0 Å². The number of amides is 3. The molecular formula is C12H11F3N4O3. The molecule has 10 heteroatoms. The molecule has 0 radical (unpaired) electrons. The van der Waals surface area contributed by atoms with E-state index in [-0.39, 0.29) is 36.8 Å². The van der Waals surface area contributed by atoms with Gasteiger partial charge in [-0.2, -0.15) is 18.2 Å². The molecular weight excluding hydrogens is 305 g/mol. The third kappa shape index (κ3) is 2.20. The fourth-order valence-corrected chi connectivity index (χ4v) is 2.52. The van der Waals surface area contributed by atoms with E-state index in [2.05, 4.69) is 10.3 Å². The minimum absolute atomic E-state index is 0.0496. The van der Waals surface area contributed by atoms with E-state index in [1.54, 1.807) is 0 Å². The highest BCUT2D eigenvalue weighted by molar-refractivity contribution is 6.02. The summed E-state index contributed by atoms with van der Waals surface area (Å²) < 4.78 is 44.6. The molecule has 1 aromatic heterocycles. The first-order valence-electron chi connectivity index (χ1n) is 6.39. The molecule has 1 unspecified atom stereocenters. The van der Waals surface area contributed by atoms with Crippen molar-refractivity contribution in [3.63, 3.8) is 0 Å². The number of nitrogens with one attached hydrogen (secondary N) is 1. The van der Waals surface area contributed by atoms with Crippen molar-refractivity contribution in [3.8, 4) is 5.88 Å². The van der Waals surface area contributed by atoms with Crippen LogP contribution in [0.5, 0.6) is 5.88 Å². The number of nitrogens with zero attached hydrogens (tertiary/aromatic N) is 2. The second-order valence-electron chi connectivity index (χ2n) is 4.88. The van der Waals surface area contributed by atoms with Gasteiger partial charge in [-0.05, 0) is 6.07 Å². The van der Waals surface area contributed by atoms with E-state index < -0.39 is 29.7 Å². The largest absolute Gasteiger partial charge is 0.477 e. The number of hydrogen-bond donors (Lipinski definition) is 2. The fourth-order valence-electron chi connectivity index (χ4n) is 2.52. The smallest absolute Gasteiger partial charge is 0.417 e. The summed E-state index contributed by atoms with van der Waals surface area (Å²) in [5, 5.41) is 2.35. The lowest BCUT2D eigenvalue weighted by Crippen LogP contribution is -2.44. The van der Waals surface area contributed by atoms with Crippen LogP contribution in [-0.4, -0.2) is 36.1 Å². The zero-order valence-electron chi connectivity index (χ0n) is 11.1. The highest BCUT2D eigenvalue weighted by atomic mass is 19.4. The van der Waals surface area contributed by atoms with Crippen LogP contribution in [-0.2, 0) is 17.4 Å². The average Bonchev–Trinajstić information content (AvgIpc) is 3.01. The van der Waals surface area contributed by atoms with Crippen molar-refractivity contribution in [2.24, 2.45) is 5.73 Å². The maximum atomic E-state index is 13.2. The maximum Gasteiger partial charge on any atom is 0.417 e. The van der Waals surface area contributed by atoms with Crippen molar-refractivity contribution < 1.29 is 27.5 Å². The molecule has 1 fully saturated rings. The Hall–Kier alpha value is -2.52. The monoisotopic (exact) mass is 316 g/mol. The van der Waals surface area contributed by atoms with E-state index in [1.165, 1.54) is 0 Å². The Morgan fingerprint density at radius 2 is 2.23 bits per heavy atom. The molecule has 1 atom stereocenters. The third-order valence-corrected chi connectivity index (χ3v) is 3.52. The minimum Gasteiger partial charge on any atom is -0.477 e. The molecule has 3 N–H and O–H groups in total. The summed E-state index contributed by atoms with van der Waals surface area (Å²) in [6.45, 7) is -0.00451. The van der Waals surface area contributed by atoms with Gasteiger partial charge in [0.05, 0.1) is 12.2 Å². The molecule has 0 saturated carbocycles. The SMILES string of the molecule is NC(=O)C1CNC(=O)N1c1cc(C(F)(F)F)c2c(n1)OCC2. The molecule has 0 spiro atoms. The van der Waals surface area contributed by atoms with Crippen LogP contribution in [0.15, 0.2) is 6.07 Å². The van der Waals surface area contributed by atoms with Gasteiger partial charge in [0.1, 0.15) is 11.9 Å². The third-order valence-electron chi connectivity index (χ3n) is 3.52. The molecule has 3 heterocycles. The number of urea groups is 1. The number of aromatic nitrogens is 1. The van der Waals surface area contributed by atoms with E-state index in [4.69, 9.17) is 10.5 Å². The molecule has 0 bridgehead atoms. The molecule has 1 saturated heterocycles. The predicted molar refractivity (Wildman–Crippen MR) is 67.3 cm³/mol. The Bertz CT molecular complexity index is 662. The summed E-state index contributed by atoms with van der Waals surface area (Å²) in [6.07, 6.45) is -4.53. The number of pyridine rings is 1. The van der Waals surface area contributed by atoms with Gasteiger partial charge in [-0.15, -0.1) is 0 Å². The van der Waals surface area contributed by atoms with E-state index in [0.29, 0.717) is 0 Å². The number of nitrogens with two attached hydrogens (primary N) is 1. The summed E-state index contributed by atoms with van der Waals surface area (Å²) in [5.41, 5.74) is 4.20. The van der Waals surface area contributed by atoms with Crippen molar-refractivity contribution >= 4 is 17.8 Å². The second-order valence-corrected chi connectivity index (χ2v) is 4.88. The van der Waals surface area contributed by atoms with E-state index in [1.807, 2.05) is 0 Å². The Morgan fingerprint density at radius 1 is 1.50 bits per heavy atom. The lowest BCUT2D eigenvalue weighted by molar-refractivity contribution is -0.138. The van der Waals surface area contributed by atoms with Crippen LogP contribution in [0.1, 0.15) is 11.1 Å². The number of ether oxygens (including phenoxy) is 1. The first-order valence-corrected chi connectivity index (χ1v) is 6.39. The van der Waals surface area contributed by atoms with Crippen molar-refractivity contribution in [1.29, 1.82) is 0 Å². The minimum atomic E-state index is -4.62. The van der Waals surface area contributed by atoms with E-state index >= 15 is 0 Å². The van der Waals surface area contributed by atoms with Gasteiger partial charge in [0, 0.05) is 18.5 Å². The number of primary amides is 1. The molecule has 3 amide bonds. The number of hydrogen-bond acceptors (Lipinski definition) is 4. The van der Waals surface area contributed by atoms with Crippen molar-refractivity contribution in [2.45, 2.75) is 18.6 Å². The van der Waals surface area contributed by atoms with Crippen LogP contribution < -0.4 is 20.7 Å². The molecule has 2 aliphatic rings. The van der Waals surface area contributed by atoms with Gasteiger partial charge in [0.15, 0.2) is 0 Å². The number of alkyl halides is 3. The highest BCUT2D eigenvalue weighted by Gasteiger charge is 2.41. The van der Waals surface area contributed by atoms with Gasteiger partial charge in [-0.3, -0.25) is 9.69 Å². The standard InChI is InChI=1S/C12H11F3N4O3/c13-12(14,15)6-3-8(18-10-5(6)1-2-22-10)19-7(9(16)20)4-17-11(19)21/h3,7H,1-2,4H2,(H2,16,20)(H,17,21). The van der Waals surface area contributed by atoms with Gasteiger partial charge in [0.25, 0.3) is 0 Å². The molecule has 118 valence electrons. The summed E-state index contributed by atoms with van der Waals surface area (Å²) in [6, 6.07) is -1.09. The molecule has 7 nitrogen and oxygen atoms in total. The van der Waals surface area contributed by atoms with Crippen molar-refractivity contribution in [1.82, 2.24) is 10.3 Å². The van der Waals surface area contributed by atoms with Crippen LogP contribution in [0.3, 0.4) is 0 Å².